The second-order valence-electron chi connectivity index (χ2n) is 5.25. The summed E-state index contributed by atoms with van der Waals surface area (Å²) in [5.74, 6) is 0. The fourth-order valence-corrected chi connectivity index (χ4v) is 2.69. The summed E-state index contributed by atoms with van der Waals surface area (Å²) in [5.41, 5.74) is 5.68. The fraction of sp³-hybridized carbons (Fsp3) is 0.929. The molecule has 1 fully saturated rings. The minimum Gasteiger partial charge on any atom is -0.338 e. The molecule has 0 saturated carbocycles. The Balaban J connectivity index is 2.43. The van der Waals surface area contributed by atoms with E-state index in [2.05, 4.69) is 24.1 Å². The maximum absolute atomic E-state index is 12.0. The van der Waals surface area contributed by atoms with Crippen molar-refractivity contribution >= 4 is 6.03 Å². The molecule has 0 bridgehead atoms. The lowest BCUT2D eigenvalue weighted by Crippen LogP contribution is -2.43. The van der Waals surface area contributed by atoms with E-state index in [9.17, 15) is 4.79 Å². The Morgan fingerprint density at radius 1 is 1.26 bits per heavy atom. The molecule has 1 unspecified atom stereocenters. The highest BCUT2D eigenvalue weighted by atomic mass is 16.2. The molecule has 2 amide bonds. The number of carbonyl (C=O) groups is 1. The van der Waals surface area contributed by atoms with Crippen LogP contribution >= 0.6 is 0 Å². The van der Waals surface area contributed by atoms with E-state index in [1.165, 1.54) is 0 Å². The fourth-order valence-electron chi connectivity index (χ4n) is 2.69. The highest BCUT2D eigenvalue weighted by Crippen LogP contribution is 2.12. The summed E-state index contributed by atoms with van der Waals surface area (Å²) in [4.78, 5) is 16.4. The third kappa shape index (κ3) is 5.37. The average Bonchev–Trinajstić information content (AvgIpc) is 2.68. The van der Waals surface area contributed by atoms with Crippen LogP contribution in [0, 0.1) is 0 Å². The number of nitrogens with one attached hydrogen (secondary N) is 1. The van der Waals surface area contributed by atoms with E-state index >= 15 is 0 Å². The third-order valence-corrected chi connectivity index (χ3v) is 3.83. The van der Waals surface area contributed by atoms with Crippen molar-refractivity contribution in [1.82, 2.24) is 15.1 Å². The Bertz CT molecular complexity index is 260. The van der Waals surface area contributed by atoms with Gasteiger partial charge in [-0.05, 0) is 32.2 Å². The largest absolute Gasteiger partial charge is 0.338 e. The van der Waals surface area contributed by atoms with Crippen molar-refractivity contribution in [3.63, 3.8) is 0 Å². The maximum Gasteiger partial charge on any atom is 0.317 e. The smallest absolute Gasteiger partial charge is 0.317 e. The number of hydrogen-bond acceptors (Lipinski definition) is 3. The van der Waals surface area contributed by atoms with Crippen molar-refractivity contribution in [2.75, 3.05) is 39.3 Å². The molecular weight excluding hydrogens is 240 g/mol. The molecule has 1 aliphatic heterocycles. The van der Waals surface area contributed by atoms with E-state index in [0.717, 1.165) is 65.0 Å². The van der Waals surface area contributed by atoms with Crippen LogP contribution in [-0.4, -0.2) is 61.1 Å². The molecule has 1 aliphatic rings. The molecule has 1 rings (SSSR count). The van der Waals surface area contributed by atoms with Crippen LogP contribution in [0.4, 0.5) is 4.79 Å². The predicted octanol–water partition coefficient (Wildman–Crippen LogP) is 1.24. The van der Waals surface area contributed by atoms with Crippen LogP contribution in [0.5, 0.6) is 0 Å². The molecule has 0 aromatic heterocycles. The second-order valence-corrected chi connectivity index (χ2v) is 5.25. The first-order valence-corrected chi connectivity index (χ1v) is 7.69. The number of nitrogens with zero attached hydrogens (tertiary/aromatic N) is 2. The van der Waals surface area contributed by atoms with Gasteiger partial charge in [-0.3, -0.25) is 4.90 Å². The minimum atomic E-state index is 0.0931. The van der Waals surface area contributed by atoms with Crippen LogP contribution in [0.3, 0.4) is 0 Å². The van der Waals surface area contributed by atoms with Gasteiger partial charge in [0.05, 0.1) is 0 Å². The van der Waals surface area contributed by atoms with Gasteiger partial charge < -0.3 is 16.0 Å². The van der Waals surface area contributed by atoms with Gasteiger partial charge in [-0.1, -0.05) is 13.8 Å². The molecule has 5 nitrogen and oxygen atoms in total. The summed E-state index contributed by atoms with van der Waals surface area (Å²) in [7, 11) is 0. The molecule has 1 saturated heterocycles. The van der Waals surface area contributed by atoms with E-state index in [4.69, 9.17) is 5.73 Å². The quantitative estimate of drug-likeness (QED) is 0.763. The van der Waals surface area contributed by atoms with Crippen LogP contribution in [0.1, 0.15) is 39.5 Å². The number of carbonyl (C=O) groups excluding carboxylic acids is 1. The van der Waals surface area contributed by atoms with Crippen molar-refractivity contribution in [1.29, 1.82) is 0 Å². The van der Waals surface area contributed by atoms with Gasteiger partial charge in [-0.25, -0.2) is 4.79 Å². The topological polar surface area (TPSA) is 61.6 Å². The molecule has 1 atom stereocenters. The molecule has 0 radical (unpaired) electrons. The lowest BCUT2D eigenvalue weighted by Gasteiger charge is -2.29. The zero-order chi connectivity index (χ0) is 14.1. The molecule has 0 aromatic rings. The molecule has 112 valence electrons. The lowest BCUT2D eigenvalue weighted by molar-refractivity contribution is 0.180. The van der Waals surface area contributed by atoms with Gasteiger partial charge in [-0.15, -0.1) is 0 Å². The molecule has 0 aliphatic carbocycles. The lowest BCUT2D eigenvalue weighted by atomic mass is 10.1. The van der Waals surface area contributed by atoms with E-state index in [-0.39, 0.29) is 6.03 Å². The highest BCUT2D eigenvalue weighted by Gasteiger charge is 2.22. The molecule has 19 heavy (non-hydrogen) atoms. The summed E-state index contributed by atoms with van der Waals surface area (Å²) in [6.45, 7) is 9.55. The summed E-state index contributed by atoms with van der Waals surface area (Å²) in [5, 5.41) is 2.96. The third-order valence-electron chi connectivity index (χ3n) is 3.83. The van der Waals surface area contributed by atoms with Crippen molar-refractivity contribution < 1.29 is 4.79 Å². The number of hydrogen-bond donors (Lipinski definition) is 2. The highest BCUT2D eigenvalue weighted by molar-refractivity contribution is 5.74. The zero-order valence-electron chi connectivity index (χ0n) is 12.5. The average molecular weight is 270 g/mol. The van der Waals surface area contributed by atoms with E-state index in [1.54, 1.807) is 0 Å². The molecular formula is C14H30N4O. The molecule has 0 aromatic carbocycles. The van der Waals surface area contributed by atoms with Crippen LogP contribution in [0.25, 0.3) is 0 Å². The second kappa shape index (κ2) is 9.15. The monoisotopic (exact) mass is 270 g/mol. The van der Waals surface area contributed by atoms with Gasteiger partial charge in [0.2, 0.25) is 0 Å². The number of urea groups is 1. The maximum atomic E-state index is 12.0. The van der Waals surface area contributed by atoms with Crippen LogP contribution in [0.15, 0.2) is 0 Å². The minimum absolute atomic E-state index is 0.0931. The summed E-state index contributed by atoms with van der Waals surface area (Å²) in [6.07, 6.45) is 4.23. The normalized spacial score (nSPS) is 19.0. The van der Waals surface area contributed by atoms with Gasteiger partial charge >= 0.3 is 6.03 Å². The Labute approximate surface area is 117 Å². The standard InChI is InChI=1S/C14H30N4O/c1-3-8-16-14(19)18-10-5-9-17(11-12-18)13(4-2)6-7-15/h13H,3-12,15H2,1-2H3,(H,16,19). The Morgan fingerprint density at radius 2 is 2.05 bits per heavy atom. The molecule has 3 N–H and O–H groups in total. The van der Waals surface area contributed by atoms with Crippen molar-refractivity contribution in [2.24, 2.45) is 5.73 Å². The first-order valence-electron chi connectivity index (χ1n) is 7.69. The number of amides is 2. The van der Waals surface area contributed by atoms with Crippen LogP contribution in [0.2, 0.25) is 0 Å². The molecule has 5 heteroatoms. The van der Waals surface area contributed by atoms with Gasteiger partial charge in [0.15, 0.2) is 0 Å². The summed E-state index contributed by atoms with van der Waals surface area (Å²) in [6, 6.07) is 0.666. The summed E-state index contributed by atoms with van der Waals surface area (Å²) >= 11 is 0. The Kier molecular flexibility index (Phi) is 7.82. The SMILES string of the molecule is CCCNC(=O)N1CCCN(C(CC)CCN)CC1. The first-order chi connectivity index (χ1) is 9.22. The van der Waals surface area contributed by atoms with E-state index in [1.807, 2.05) is 4.90 Å². The van der Waals surface area contributed by atoms with Gasteiger partial charge in [0.1, 0.15) is 0 Å². The predicted molar refractivity (Wildman–Crippen MR) is 79.2 cm³/mol. The Morgan fingerprint density at radius 3 is 2.68 bits per heavy atom. The van der Waals surface area contributed by atoms with Crippen molar-refractivity contribution in [3.05, 3.63) is 0 Å². The number of rotatable bonds is 6. The van der Waals surface area contributed by atoms with Crippen molar-refractivity contribution in [2.45, 2.75) is 45.6 Å². The van der Waals surface area contributed by atoms with Gasteiger partial charge in [-0.2, -0.15) is 0 Å². The van der Waals surface area contributed by atoms with E-state index < -0.39 is 0 Å². The van der Waals surface area contributed by atoms with Crippen molar-refractivity contribution in [3.8, 4) is 0 Å². The molecule has 1 heterocycles. The Hall–Kier alpha value is -0.810. The first kappa shape index (κ1) is 16.2. The van der Waals surface area contributed by atoms with Gasteiger partial charge in [0, 0.05) is 38.8 Å². The van der Waals surface area contributed by atoms with Crippen LogP contribution in [-0.2, 0) is 0 Å². The van der Waals surface area contributed by atoms with Gasteiger partial charge in [0.25, 0.3) is 0 Å². The molecule has 0 spiro atoms. The summed E-state index contributed by atoms with van der Waals surface area (Å²) < 4.78 is 0. The zero-order valence-corrected chi connectivity index (χ0v) is 12.5. The van der Waals surface area contributed by atoms with E-state index in [0.29, 0.717) is 6.04 Å². The van der Waals surface area contributed by atoms with Crippen LogP contribution < -0.4 is 11.1 Å². The number of nitrogens with two attached hydrogens (primary N) is 1.